The summed E-state index contributed by atoms with van der Waals surface area (Å²) in [4.78, 5) is 2.90. The minimum absolute atomic E-state index is 0.270. The van der Waals surface area contributed by atoms with Gasteiger partial charge in [0.15, 0.2) is 0 Å². The van der Waals surface area contributed by atoms with Crippen molar-refractivity contribution in [3.8, 4) is 5.75 Å². The van der Waals surface area contributed by atoms with E-state index < -0.39 is 0 Å². The van der Waals surface area contributed by atoms with Gasteiger partial charge in [-0.15, -0.1) is 0 Å². The smallest absolute Gasteiger partial charge is 0.119 e. The molecule has 1 N–H and O–H groups in total. The molecule has 0 fully saturated rings. The highest BCUT2D eigenvalue weighted by molar-refractivity contribution is 5.38. The van der Waals surface area contributed by atoms with Crippen LogP contribution in [0.25, 0.3) is 10.4 Å². The lowest BCUT2D eigenvalue weighted by atomic mass is 9.95. The normalized spacial score (nSPS) is 11.7. The lowest BCUT2D eigenvalue weighted by Gasteiger charge is -2.16. The predicted molar refractivity (Wildman–Crippen MR) is 106 cm³/mol. The molecule has 0 saturated heterocycles. The first kappa shape index (κ1) is 19.8. The summed E-state index contributed by atoms with van der Waals surface area (Å²) in [5.41, 5.74) is 14.8. The number of ether oxygens (including phenoxy) is 1. The van der Waals surface area contributed by atoms with E-state index in [2.05, 4.69) is 60.4 Å². The quantitative estimate of drug-likeness (QED) is 0.284. The number of nitrogens with zero attached hydrogens (tertiary/aromatic N) is 3. The van der Waals surface area contributed by atoms with Gasteiger partial charge in [0.2, 0.25) is 0 Å². The molecule has 0 spiro atoms. The van der Waals surface area contributed by atoms with Gasteiger partial charge in [0.1, 0.15) is 5.75 Å². The summed E-state index contributed by atoms with van der Waals surface area (Å²) in [6, 6.07) is 12.8. The summed E-state index contributed by atoms with van der Waals surface area (Å²) >= 11 is 0. The molecule has 0 bridgehead atoms. The van der Waals surface area contributed by atoms with Crippen molar-refractivity contribution in [2.75, 3.05) is 13.7 Å². The monoisotopic (exact) mass is 352 g/mol. The first-order chi connectivity index (χ1) is 12.5. The molecular formula is C21H28N4O. The minimum Gasteiger partial charge on any atom is -0.497 e. The van der Waals surface area contributed by atoms with Crippen LogP contribution in [0.5, 0.6) is 5.75 Å². The van der Waals surface area contributed by atoms with Crippen molar-refractivity contribution in [1.82, 2.24) is 5.32 Å². The molecule has 0 heterocycles. The van der Waals surface area contributed by atoms with E-state index in [1.807, 2.05) is 12.1 Å². The Hall–Kier alpha value is -2.49. The summed E-state index contributed by atoms with van der Waals surface area (Å²) < 4.78 is 5.29. The van der Waals surface area contributed by atoms with Crippen LogP contribution < -0.4 is 10.1 Å². The van der Waals surface area contributed by atoms with Gasteiger partial charge in [-0.1, -0.05) is 34.9 Å². The molecule has 0 amide bonds. The van der Waals surface area contributed by atoms with E-state index in [0.29, 0.717) is 6.54 Å². The third-order valence-electron chi connectivity index (χ3n) is 4.66. The number of azide groups is 1. The third-order valence-corrected chi connectivity index (χ3v) is 4.66. The Morgan fingerprint density at radius 2 is 2.04 bits per heavy atom. The molecule has 0 aliphatic carbocycles. The number of hydrogen-bond donors (Lipinski definition) is 1. The second kappa shape index (κ2) is 9.85. The molecule has 1 atom stereocenters. The van der Waals surface area contributed by atoms with Crippen molar-refractivity contribution < 1.29 is 4.74 Å². The number of hydrogen-bond acceptors (Lipinski definition) is 3. The molecule has 5 nitrogen and oxygen atoms in total. The zero-order chi connectivity index (χ0) is 18.9. The predicted octanol–water partition coefficient (Wildman–Crippen LogP) is 5.41. The molecule has 0 aromatic heterocycles. The van der Waals surface area contributed by atoms with Crippen molar-refractivity contribution in [3.63, 3.8) is 0 Å². The Kier molecular flexibility index (Phi) is 7.52. The zero-order valence-electron chi connectivity index (χ0n) is 16.1. The summed E-state index contributed by atoms with van der Waals surface area (Å²) in [5, 5.41) is 7.33. The van der Waals surface area contributed by atoms with Crippen LogP contribution in [-0.4, -0.2) is 13.7 Å². The second-order valence-electron chi connectivity index (χ2n) is 6.66. The molecule has 138 valence electrons. The van der Waals surface area contributed by atoms with Crippen LogP contribution in [0.1, 0.15) is 47.2 Å². The van der Waals surface area contributed by atoms with Gasteiger partial charge in [-0.2, -0.15) is 0 Å². The molecule has 0 saturated carbocycles. The van der Waals surface area contributed by atoms with E-state index >= 15 is 0 Å². The summed E-state index contributed by atoms with van der Waals surface area (Å²) in [6.45, 7) is 7.72. The molecule has 5 heteroatoms. The van der Waals surface area contributed by atoms with Crippen LogP contribution >= 0.6 is 0 Å². The van der Waals surface area contributed by atoms with E-state index in [-0.39, 0.29) is 6.04 Å². The van der Waals surface area contributed by atoms with Crippen LogP contribution in [0.2, 0.25) is 0 Å². The molecule has 26 heavy (non-hydrogen) atoms. The van der Waals surface area contributed by atoms with Crippen LogP contribution in [0.4, 0.5) is 0 Å². The maximum atomic E-state index is 8.62. The van der Waals surface area contributed by atoms with Crippen molar-refractivity contribution in [1.29, 1.82) is 0 Å². The van der Waals surface area contributed by atoms with Gasteiger partial charge in [-0.3, -0.25) is 0 Å². The maximum absolute atomic E-state index is 8.62. The van der Waals surface area contributed by atoms with Crippen LogP contribution in [0.15, 0.2) is 41.5 Å². The van der Waals surface area contributed by atoms with Crippen LogP contribution in [0, 0.1) is 13.8 Å². The van der Waals surface area contributed by atoms with E-state index in [1.165, 1.54) is 22.3 Å². The van der Waals surface area contributed by atoms with Gasteiger partial charge >= 0.3 is 0 Å². The Morgan fingerprint density at radius 1 is 1.23 bits per heavy atom. The van der Waals surface area contributed by atoms with Gasteiger partial charge in [0.25, 0.3) is 0 Å². The van der Waals surface area contributed by atoms with Crippen LogP contribution in [0.3, 0.4) is 0 Å². The number of aryl methyl sites for hydroxylation is 2. The summed E-state index contributed by atoms with van der Waals surface area (Å²) in [7, 11) is 1.69. The lowest BCUT2D eigenvalue weighted by molar-refractivity contribution is 0.413. The maximum Gasteiger partial charge on any atom is 0.119 e. The fourth-order valence-corrected chi connectivity index (χ4v) is 3.30. The third kappa shape index (κ3) is 5.51. The average molecular weight is 352 g/mol. The minimum atomic E-state index is 0.270. The van der Waals surface area contributed by atoms with E-state index in [4.69, 9.17) is 10.3 Å². The van der Waals surface area contributed by atoms with Crippen molar-refractivity contribution in [2.24, 2.45) is 5.11 Å². The van der Waals surface area contributed by atoms with Gasteiger partial charge in [-0.05, 0) is 80.1 Å². The molecule has 0 aliphatic heterocycles. The topological polar surface area (TPSA) is 70.0 Å². The van der Waals surface area contributed by atoms with Crippen molar-refractivity contribution >= 4 is 0 Å². The zero-order valence-corrected chi connectivity index (χ0v) is 16.1. The van der Waals surface area contributed by atoms with Gasteiger partial charge in [0.05, 0.1) is 13.7 Å². The molecule has 2 aromatic rings. The largest absolute Gasteiger partial charge is 0.497 e. The molecule has 0 radical (unpaired) electrons. The Labute approximate surface area is 156 Å². The SMILES string of the molecule is COc1cccc([C@H](C)NCCCc2c(C)cc(C)cc2CN=[N+]=[N-])c1. The summed E-state index contributed by atoms with van der Waals surface area (Å²) in [6.07, 6.45) is 2.00. The average Bonchev–Trinajstić information content (AvgIpc) is 2.64. The Bertz CT molecular complexity index is 782. The van der Waals surface area contributed by atoms with E-state index in [1.54, 1.807) is 7.11 Å². The summed E-state index contributed by atoms with van der Waals surface area (Å²) in [5.74, 6) is 0.883. The molecule has 0 unspecified atom stereocenters. The van der Waals surface area contributed by atoms with E-state index in [0.717, 1.165) is 30.7 Å². The molecule has 2 rings (SSSR count). The lowest BCUT2D eigenvalue weighted by Crippen LogP contribution is -2.20. The number of rotatable bonds is 9. The number of methoxy groups -OCH3 is 1. The van der Waals surface area contributed by atoms with Crippen LogP contribution in [-0.2, 0) is 13.0 Å². The van der Waals surface area contributed by atoms with Gasteiger partial charge in [0, 0.05) is 11.0 Å². The first-order valence-corrected chi connectivity index (χ1v) is 9.02. The highest BCUT2D eigenvalue weighted by Gasteiger charge is 2.08. The van der Waals surface area contributed by atoms with E-state index in [9.17, 15) is 0 Å². The number of benzene rings is 2. The first-order valence-electron chi connectivity index (χ1n) is 9.02. The van der Waals surface area contributed by atoms with Gasteiger partial charge in [-0.25, -0.2) is 0 Å². The Balaban J connectivity index is 1.94. The highest BCUT2D eigenvalue weighted by atomic mass is 16.5. The highest BCUT2D eigenvalue weighted by Crippen LogP contribution is 2.21. The molecular weight excluding hydrogens is 324 g/mol. The molecule has 2 aromatic carbocycles. The van der Waals surface area contributed by atoms with Crippen molar-refractivity contribution in [2.45, 2.75) is 46.2 Å². The molecule has 0 aliphatic rings. The number of nitrogens with one attached hydrogen (secondary N) is 1. The second-order valence-corrected chi connectivity index (χ2v) is 6.66. The Morgan fingerprint density at radius 3 is 2.77 bits per heavy atom. The van der Waals surface area contributed by atoms with Crippen molar-refractivity contribution in [3.05, 3.63) is 74.7 Å². The van der Waals surface area contributed by atoms with Gasteiger partial charge < -0.3 is 10.1 Å². The standard InChI is InChI=1S/C21H28N4O/c1-15-11-16(2)21(19(12-15)14-24-25-22)9-6-10-23-17(3)18-7-5-8-20(13-18)26-4/h5,7-8,11-13,17,23H,6,9-10,14H2,1-4H3/t17-/m0/s1. The fraction of sp³-hybridized carbons (Fsp3) is 0.429. The fourth-order valence-electron chi connectivity index (χ4n) is 3.30.